The molecule has 1 aliphatic rings. The topological polar surface area (TPSA) is 51.1 Å². The molecule has 4 rings (SSSR count). The van der Waals surface area contributed by atoms with Crippen LogP contribution < -0.4 is 4.90 Å². The van der Waals surface area contributed by atoms with Crippen molar-refractivity contribution in [3.63, 3.8) is 0 Å². The zero-order chi connectivity index (χ0) is 16.2. The second-order valence-corrected chi connectivity index (χ2v) is 5.63. The number of ether oxygens (including phenoxy) is 1. The summed E-state index contributed by atoms with van der Waals surface area (Å²) in [5.74, 6) is 0. The minimum absolute atomic E-state index is 0.750. The molecular formula is C19H18N4O. The van der Waals surface area contributed by atoms with Crippen molar-refractivity contribution < 1.29 is 4.74 Å². The fourth-order valence-electron chi connectivity index (χ4n) is 2.81. The summed E-state index contributed by atoms with van der Waals surface area (Å²) in [6.07, 6.45) is 3.58. The minimum atomic E-state index is 0.750. The fraction of sp³-hybridized carbons (Fsp3) is 0.211. The van der Waals surface area contributed by atoms with E-state index in [4.69, 9.17) is 9.72 Å². The zero-order valence-electron chi connectivity index (χ0n) is 13.3. The Morgan fingerprint density at radius 1 is 0.750 bits per heavy atom. The fourth-order valence-corrected chi connectivity index (χ4v) is 2.81. The SMILES string of the molecule is c1ccc(-c2cc(N3CCOCC3)cc(-c3ccccn3)n2)nc1. The first-order valence-electron chi connectivity index (χ1n) is 8.08. The van der Waals surface area contributed by atoms with Crippen LogP contribution in [0.2, 0.25) is 0 Å². The number of nitrogens with zero attached hydrogens (tertiary/aromatic N) is 4. The Morgan fingerprint density at radius 2 is 1.33 bits per heavy atom. The van der Waals surface area contributed by atoms with E-state index in [9.17, 15) is 0 Å². The van der Waals surface area contributed by atoms with E-state index in [-0.39, 0.29) is 0 Å². The number of aromatic nitrogens is 3. The van der Waals surface area contributed by atoms with Crippen LogP contribution >= 0.6 is 0 Å². The second-order valence-electron chi connectivity index (χ2n) is 5.63. The molecule has 0 aliphatic carbocycles. The van der Waals surface area contributed by atoms with Crippen molar-refractivity contribution in [2.24, 2.45) is 0 Å². The van der Waals surface area contributed by atoms with Crippen molar-refractivity contribution in [1.82, 2.24) is 15.0 Å². The monoisotopic (exact) mass is 318 g/mol. The van der Waals surface area contributed by atoms with Crippen molar-refractivity contribution in [3.05, 3.63) is 60.9 Å². The lowest BCUT2D eigenvalue weighted by molar-refractivity contribution is 0.122. The molecule has 0 amide bonds. The molecule has 0 N–H and O–H groups in total. The molecule has 5 heteroatoms. The van der Waals surface area contributed by atoms with E-state index in [1.807, 2.05) is 36.4 Å². The largest absolute Gasteiger partial charge is 0.378 e. The maximum absolute atomic E-state index is 5.47. The number of morpholine rings is 1. The van der Waals surface area contributed by atoms with Crippen LogP contribution in [0.1, 0.15) is 0 Å². The van der Waals surface area contributed by atoms with Crippen LogP contribution in [0.3, 0.4) is 0 Å². The predicted molar refractivity (Wildman–Crippen MR) is 93.7 cm³/mol. The Bertz CT molecular complexity index is 744. The Kier molecular flexibility index (Phi) is 4.16. The van der Waals surface area contributed by atoms with Gasteiger partial charge in [-0.2, -0.15) is 0 Å². The van der Waals surface area contributed by atoms with Gasteiger partial charge >= 0.3 is 0 Å². The first kappa shape index (κ1) is 14.8. The van der Waals surface area contributed by atoms with Crippen LogP contribution in [0.15, 0.2) is 60.9 Å². The number of hydrogen-bond acceptors (Lipinski definition) is 5. The number of pyridine rings is 3. The summed E-state index contributed by atoms with van der Waals surface area (Å²) in [5.41, 5.74) is 4.59. The first-order chi connectivity index (χ1) is 11.9. The van der Waals surface area contributed by atoms with Gasteiger partial charge < -0.3 is 9.64 Å². The molecule has 3 aromatic rings. The van der Waals surface area contributed by atoms with E-state index in [2.05, 4.69) is 27.0 Å². The molecule has 0 spiro atoms. The molecule has 0 saturated carbocycles. The maximum atomic E-state index is 5.47. The zero-order valence-corrected chi connectivity index (χ0v) is 13.3. The highest BCUT2D eigenvalue weighted by Gasteiger charge is 2.15. The van der Waals surface area contributed by atoms with Crippen molar-refractivity contribution in [2.45, 2.75) is 0 Å². The lowest BCUT2D eigenvalue weighted by Gasteiger charge is -2.29. The number of anilines is 1. The Morgan fingerprint density at radius 3 is 1.83 bits per heavy atom. The van der Waals surface area contributed by atoms with Crippen molar-refractivity contribution in [3.8, 4) is 22.8 Å². The highest BCUT2D eigenvalue weighted by Crippen LogP contribution is 2.27. The Hall–Kier alpha value is -2.79. The van der Waals surface area contributed by atoms with Crippen LogP contribution in [0.4, 0.5) is 5.69 Å². The van der Waals surface area contributed by atoms with Crippen LogP contribution in [-0.2, 0) is 4.74 Å². The quantitative estimate of drug-likeness (QED) is 0.743. The molecule has 0 unspecified atom stereocenters. The van der Waals surface area contributed by atoms with Gasteiger partial charge in [-0.05, 0) is 36.4 Å². The molecule has 5 nitrogen and oxygen atoms in total. The van der Waals surface area contributed by atoms with Gasteiger partial charge in [0.25, 0.3) is 0 Å². The molecule has 24 heavy (non-hydrogen) atoms. The highest BCUT2D eigenvalue weighted by molar-refractivity contribution is 5.69. The van der Waals surface area contributed by atoms with Gasteiger partial charge in [-0.3, -0.25) is 9.97 Å². The van der Waals surface area contributed by atoms with Crippen LogP contribution in [0, 0.1) is 0 Å². The molecule has 1 fully saturated rings. The van der Waals surface area contributed by atoms with Crippen molar-refractivity contribution in [1.29, 1.82) is 0 Å². The smallest absolute Gasteiger partial charge is 0.0914 e. The average Bonchev–Trinajstić information content (AvgIpc) is 2.70. The summed E-state index contributed by atoms with van der Waals surface area (Å²) in [5, 5.41) is 0. The van der Waals surface area contributed by atoms with Gasteiger partial charge in [-0.1, -0.05) is 12.1 Å². The van der Waals surface area contributed by atoms with Gasteiger partial charge in [0.05, 0.1) is 36.0 Å². The summed E-state index contributed by atoms with van der Waals surface area (Å²) in [4.78, 5) is 16.0. The average molecular weight is 318 g/mol. The third-order valence-corrected chi connectivity index (χ3v) is 4.04. The third kappa shape index (κ3) is 3.12. The molecule has 0 radical (unpaired) electrons. The van der Waals surface area contributed by atoms with Crippen molar-refractivity contribution >= 4 is 5.69 Å². The maximum Gasteiger partial charge on any atom is 0.0914 e. The summed E-state index contributed by atoms with van der Waals surface area (Å²) in [6, 6.07) is 15.9. The van der Waals surface area contributed by atoms with E-state index in [0.717, 1.165) is 54.8 Å². The summed E-state index contributed by atoms with van der Waals surface area (Å²) < 4.78 is 5.47. The number of hydrogen-bond donors (Lipinski definition) is 0. The Labute approximate surface area is 141 Å². The molecule has 0 aromatic carbocycles. The normalized spacial score (nSPS) is 14.6. The predicted octanol–water partition coefficient (Wildman–Crippen LogP) is 3.04. The molecule has 3 aromatic heterocycles. The molecule has 1 saturated heterocycles. The highest BCUT2D eigenvalue weighted by atomic mass is 16.5. The molecule has 4 heterocycles. The van der Waals surface area contributed by atoms with Gasteiger partial charge in [0, 0.05) is 31.2 Å². The van der Waals surface area contributed by atoms with Crippen LogP contribution in [0.25, 0.3) is 22.8 Å². The number of rotatable bonds is 3. The third-order valence-electron chi connectivity index (χ3n) is 4.04. The van der Waals surface area contributed by atoms with Gasteiger partial charge in [0.2, 0.25) is 0 Å². The molecule has 0 bridgehead atoms. The Balaban J connectivity index is 1.81. The van der Waals surface area contributed by atoms with E-state index < -0.39 is 0 Å². The van der Waals surface area contributed by atoms with Crippen molar-refractivity contribution in [2.75, 3.05) is 31.2 Å². The van der Waals surface area contributed by atoms with Crippen LogP contribution in [0.5, 0.6) is 0 Å². The van der Waals surface area contributed by atoms with Gasteiger partial charge in [-0.25, -0.2) is 4.98 Å². The molecule has 1 aliphatic heterocycles. The molecule has 0 atom stereocenters. The van der Waals surface area contributed by atoms with Crippen LogP contribution in [-0.4, -0.2) is 41.3 Å². The first-order valence-corrected chi connectivity index (χ1v) is 8.08. The van der Waals surface area contributed by atoms with Gasteiger partial charge in [0.15, 0.2) is 0 Å². The summed E-state index contributed by atoms with van der Waals surface area (Å²) in [7, 11) is 0. The lowest BCUT2D eigenvalue weighted by Crippen LogP contribution is -2.36. The standard InChI is InChI=1S/C19H18N4O/c1-3-7-20-16(5-1)18-13-15(23-9-11-24-12-10-23)14-19(22-18)17-6-2-4-8-21-17/h1-8,13-14H,9-12H2. The van der Waals surface area contributed by atoms with E-state index in [1.54, 1.807) is 12.4 Å². The molecule has 120 valence electrons. The second kappa shape index (κ2) is 6.76. The summed E-state index contributed by atoms with van der Waals surface area (Å²) >= 11 is 0. The van der Waals surface area contributed by atoms with E-state index in [0.29, 0.717) is 0 Å². The summed E-state index contributed by atoms with van der Waals surface area (Å²) in [6.45, 7) is 3.26. The van der Waals surface area contributed by atoms with E-state index in [1.165, 1.54) is 0 Å². The lowest BCUT2D eigenvalue weighted by atomic mass is 10.1. The van der Waals surface area contributed by atoms with Gasteiger partial charge in [-0.15, -0.1) is 0 Å². The van der Waals surface area contributed by atoms with Gasteiger partial charge in [0.1, 0.15) is 0 Å². The molecular weight excluding hydrogens is 300 g/mol. The minimum Gasteiger partial charge on any atom is -0.378 e. The van der Waals surface area contributed by atoms with E-state index >= 15 is 0 Å².